The number of aryl methyl sites for hydroxylation is 1. The largest absolute Gasteiger partial charge is 0.306 e. The number of hydrogen-bond acceptors (Lipinski definition) is 2. The van der Waals surface area contributed by atoms with Crippen LogP contribution in [0.3, 0.4) is 0 Å². The molecule has 2 rings (SSSR count). The third kappa shape index (κ3) is 1.05. The van der Waals surface area contributed by atoms with E-state index in [0.29, 0.717) is 0 Å². The van der Waals surface area contributed by atoms with Crippen LogP contribution in [0.1, 0.15) is 11.1 Å². The van der Waals surface area contributed by atoms with Crippen LogP contribution in [0.25, 0.3) is 6.08 Å². The monoisotopic (exact) mass is 160 g/mol. The Morgan fingerprint density at radius 1 is 1.33 bits per heavy atom. The van der Waals surface area contributed by atoms with E-state index in [9.17, 15) is 0 Å². The zero-order valence-electron chi connectivity index (χ0n) is 7.33. The van der Waals surface area contributed by atoms with Gasteiger partial charge in [0.1, 0.15) is 0 Å². The van der Waals surface area contributed by atoms with Crippen molar-refractivity contribution in [1.29, 1.82) is 0 Å². The van der Waals surface area contributed by atoms with Crippen molar-refractivity contribution in [3.63, 3.8) is 0 Å². The minimum absolute atomic E-state index is 1.23. The Morgan fingerprint density at radius 3 is 3.00 bits per heavy atom. The van der Waals surface area contributed by atoms with Gasteiger partial charge in [-0.25, -0.2) is 0 Å². The average Bonchev–Trinajstić information content (AvgIpc) is 2.07. The molecule has 0 bridgehead atoms. The molecule has 12 heavy (non-hydrogen) atoms. The molecule has 0 amide bonds. The van der Waals surface area contributed by atoms with Crippen LogP contribution < -0.4 is 10.4 Å². The van der Waals surface area contributed by atoms with Gasteiger partial charge < -0.3 is 5.43 Å². The summed E-state index contributed by atoms with van der Waals surface area (Å²) in [6, 6.07) is 6.44. The van der Waals surface area contributed by atoms with E-state index in [1.807, 2.05) is 18.3 Å². The van der Waals surface area contributed by atoms with E-state index >= 15 is 0 Å². The first-order chi connectivity index (χ1) is 5.77. The van der Waals surface area contributed by atoms with Crippen molar-refractivity contribution in [3.8, 4) is 0 Å². The molecule has 0 aliphatic carbocycles. The van der Waals surface area contributed by atoms with Crippen molar-refractivity contribution >= 4 is 11.8 Å². The van der Waals surface area contributed by atoms with Crippen LogP contribution >= 0.6 is 0 Å². The second-order valence-electron chi connectivity index (χ2n) is 3.08. The number of rotatable bonds is 0. The van der Waals surface area contributed by atoms with Crippen molar-refractivity contribution in [1.82, 2.24) is 5.43 Å². The van der Waals surface area contributed by atoms with E-state index in [2.05, 4.69) is 36.6 Å². The molecule has 1 aliphatic heterocycles. The molecule has 1 aromatic carbocycles. The zero-order valence-corrected chi connectivity index (χ0v) is 7.33. The number of benzene rings is 1. The maximum absolute atomic E-state index is 3.12. The quantitative estimate of drug-likeness (QED) is 0.623. The Morgan fingerprint density at radius 2 is 2.17 bits per heavy atom. The van der Waals surface area contributed by atoms with Gasteiger partial charge in [0.05, 0.1) is 5.69 Å². The molecule has 0 unspecified atom stereocenters. The lowest BCUT2D eigenvalue weighted by molar-refractivity contribution is 0.831. The summed E-state index contributed by atoms with van der Waals surface area (Å²) in [5.74, 6) is 0. The Bertz CT molecular complexity index is 329. The minimum Gasteiger partial charge on any atom is -0.306 e. The molecule has 2 nitrogen and oxygen atoms in total. The summed E-state index contributed by atoms with van der Waals surface area (Å²) in [6.07, 6.45) is 4.02. The first kappa shape index (κ1) is 7.22. The molecule has 62 valence electrons. The highest BCUT2D eigenvalue weighted by Gasteiger charge is 2.07. The van der Waals surface area contributed by atoms with E-state index in [-0.39, 0.29) is 0 Å². The first-order valence-electron chi connectivity index (χ1n) is 4.04. The molecule has 1 N–H and O–H groups in total. The van der Waals surface area contributed by atoms with Gasteiger partial charge in [0.25, 0.3) is 0 Å². The third-order valence-corrected chi connectivity index (χ3v) is 2.08. The molecule has 0 spiro atoms. The second kappa shape index (κ2) is 2.55. The Hall–Kier alpha value is -1.44. The first-order valence-corrected chi connectivity index (χ1v) is 4.04. The number of hydrogen-bond donors (Lipinski definition) is 1. The van der Waals surface area contributed by atoms with Crippen LogP contribution in [0, 0.1) is 6.92 Å². The molecular weight excluding hydrogens is 148 g/mol. The van der Waals surface area contributed by atoms with Gasteiger partial charge in [-0.1, -0.05) is 12.1 Å². The maximum Gasteiger partial charge on any atom is 0.0643 e. The predicted molar refractivity (Wildman–Crippen MR) is 51.8 cm³/mol. The van der Waals surface area contributed by atoms with Crippen LogP contribution in [0.4, 0.5) is 5.69 Å². The zero-order chi connectivity index (χ0) is 8.55. The van der Waals surface area contributed by atoms with Gasteiger partial charge in [-0.15, -0.1) is 0 Å². The van der Waals surface area contributed by atoms with Gasteiger partial charge in [-0.2, -0.15) is 0 Å². The highest BCUT2D eigenvalue weighted by atomic mass is 15.5. The fourth-order valence-electron chi connectivity index (χ4n) is 1.39. The molecule has 0 saturated carbocycles. The highest BCUT2D eigenvalue weighted by molar-refractivity contribution is 5.70. The van der Waals surface area contributed by atoms with E-state index in [1.165, 1.54) is 16.8 Å². The van der Waals surface area contributed by atoms with E-state index in [0.717, 1.165) is 0 Å². The number of nitrogens with one attached hydrogen (secondary N) is 1. The van der Waals surface area contributed by atoms with E-state index < -0.39 is 0 Å². The van der Waals surface area contributed by atoms with Crippen LogP contribution in [0.15, 0.2) is 24.4 Å². The summed E-state index contributed by atoms with van der Waals surface area (Å²) in [6.45, 7) is 2.10. The number of fused-ring (bicyclic) bond motifs is 1. The summed E-state index contributed by atoms with van der Waals surface area (Å²) >= 11 is 0. The standard InChI is InChI=1S/C10H12N2/c1-8-3-4-9-5-6-11-12(2)10(9)7-8/h3-7,11H,1-2H3. The fraction of sp³-hybridized carbons (Fsp3) is 0.200. The topological polar surface area (TPSA) is 15.3 Å². The maximum atomic E-state index is 3.12. The van der Waals surface area contributed by atoms with Crippen molar-refractivity contribution in [2.45, 2.75) is 6.92 Å². The molecule has 1 aromatic rings. The van der Waals surface area contributed by atoms with Crippen molar-refractivity contribution < 1.29 is 0 Å². The summed E-state index contributed by atoms with van der Waals surface area (Å²) < 4.78 is 0. The van der Waals surface area contributed by atoms with Gasteiger partial charge in [-0.05, 0) is 24.6 Å². The molecular formula is C10H12N2. The van der Waals surface area contributed by atoms with Gasteiger partial charge >= 0.3 is 0 Å². The van der Waals surface area contributed by atoms with Crippen LogP contribution in [-0.2, 0) is 0 Å². The minimum atomic E-state index is 1.23. The summed E-state index contributed by atoms with van der Waals surface area (Å²) in [5, 5.41) is 2.02. The second-order valence-corrected chi connectivity index (χ2v) is 3.08. The van der Waals surface area contributed by atoms with Crippen LogP contribution in [-0.4, -0.2) is 7.05 Å². The summed E-state index contributed by atoms with van der Waals surface area (Å²) in [7, 11) is 2.02. The molecule has 0 atom stereocenters. The van der Waals surface area contributed by atoms with E-state index in [1.54, 1.807) is 0 Å². The Kier molecular flexibility index (Phi) is 1.54. The van der Waals surface area contributed by atoms with Crippen LogP contribution in [0.5, 0.6) is 0 Å². The predicted octanol–water partition coefficient (Wildman–Crippen LogP) is 1.92. The fourth-order valence-corrected chi connectivity index (χ4v) is 1.39. The molecule has 0 radical (unpaired) electrons. The SMILES string of the molecule is Cc1ccc2c(c1)N(C)NC=C2. The molecule has 0 aromatic heterocycles. The normalized spacial score (nSPS) is 14.0. The molecule has 2 heteroatoms. The Labute approximate surface area is 72.5 Å². The lowest BCUT2D eigenvalue weighted by Crippen LogP contribution is -2.32. The smallest absolute Gasteiger partial charge is 0.0643 e. The number of anilines is 1. The average molecular weight is 160 g/mol. The van der Waals surface area contributed by atoms with Gasteiger partial charge in [-0.3, -0.25) is 5.01 Å². The molecule has 0 saturated heterocycles. The third-order valence-electron chi connectivity index (χ3n) is 2.08. The lowest BCUT2D eigenvalue weighted by atomic mass is 10.1. The van der Waals surface area contributed by atoms with Crippen molar-refractivity contribution in [2.24, 2.45) is 0 Å². The molecule has 1 aliphatic rings. The van der Waals surface area contributed by atoms with Crippen molar-refractivity contribution in [2.75, 3.05) is 12.1 Å². The highest BCUT2D eigenvalue weighted by Crippen LogP contribution is 2.23. The lowest BCUT2D eigenvalue weighted by Gasteiger charge is -2.25. The number of nitrogens with zero attached hydrogens (tertiary/aromatic N) is 1. The van der Waals surface area contributed by atoms with Crippen LogP contribution in [0.2, 0.25) is 0 Å². The van der Waals surface area contributed by atoms with Crippen molar-refractivity contribution in [3.05, 3.63) is 35.5 Å². The van der Waals surface area contributed by atoms with E-state index in [4.69, 9.17) is 0 Å². The van der Waals surface area contributed by atoms with Gasteiger partial charge in [0.15, 0.2) is 0 Å². The van der Waals surface area contributed by atoms with Gasteiger partial charge in [0.2, 0.25) is 0 Å². The molecule has 1 heterocycles. The summed E-state index contributed by atoms with van der Waals surface area (Å²) in [5.41, 5.74) is 6.91. The Balaban J connectivity index is 2.56. The number of hydrazine groups is 1. The summed E-state index contributed by atoms with van der Waals surface area (Å²) in [4.78, 5) is 0. The molecule has 0 fully saturated rings. The van der Waals surface area contributed by atoms with Gasteiger partial charge in [0, 0.05) is 18.8 Å².